The molecule has 0 unspecified atom stereocenters. The van der Waals surface area contributed by atoms with Crippen LogP contribution >= 0.6 is 0 Å². The molecule has 0 aliphatic heterocycles. The first-order valence-electron chi connectivity index (χ1n) is 5.85. The second-order valence-corrected chi connectivity index (χ2v) is 4.27. The Labute approximate surface area is 95.7 Å². The van der Waals surface area contributed by atoms with Crippen LogP contribution in [-0.2, 0) is 0 Å². The van der Waals surface area contributed by atoms with Gasteiger partial charge in [-0.25, -0.2) is 9.97 Å². The number of nitrogens with zero attached hydrogens (tertiary/aromatic N) is 3. The van der Waals surface area contributed by atoms with Gasteiger partial charge in [-0.3, -0.25) is 4.79 Å². The standard InChI is InChI=1S/C12H17N3O/c1-2-15(8-10-4-3-5-10)12-13-6-11(9-16)7-14-12/h6-7,9-10H,2-5,8H2,1H3. The van der Waals surface area contributed by atoms with Gasteiger partial charge in [0.05, 0.1) is 5.56 Å². The first-order valence-corrected chi connectivity index (χ1v) is 5.85. The number of carbonyl (C=O) groups excluding carboxylic acids is 1. The van der Waals surface area contributed by atoms with Crippen LogP contribution in [0.1, 0.15) is 36.5 Å². The van der Waals surface area contributed by atoms with Crippen molar-refractivity contribution in [1.82, 2.24) is 9.97 Å². The van der Waals surface area contributed by atoms with E-state index < -0.39 is 0 Å². The summed E-state index contributed by atoms with van der Waals surface area (Å²) >= 11 is 0. The summed E-state index contributed by atoms with van der Waals surface area (Å²) in [4.78, 5) is 21.1. The van der Waals surface area contributed by atoms with Gasteiger partial charge in [0.2, 0.25) is 5.95 Å². The van der Waals surface area contributed by atoms with E-state index in [1.807, 2.05) is 0 Å². The van der Waals surface area contributed by atoms with Crippen LogP contribution in [0, 0.1) is 5.92 Å². The van der Waals surface area contributed by atoms with Crippen LogP contribution in [0.15, 0.2) is 12.4 Å². The fraction of sp³-hybridized carbons (Fsp3) is 0.583. The summed E-state index contributed by atoms with van der Waals surface area (Å²) in [5, 5.41) is 0. The largest absolute Gasteiger partial charge is 0.341 e. The number of rotatable bonds is 5. The lowest BCUT2D eigenvalue weighted by atomic mass is 9.85. The second-order valence-electron chi connectivity index (χ2n) is 4.27. The summed E-state index contributed by atoms with van der Waals surface area (Å²) in [5.41, 5.74) is 0.531. The van der Waals surface area contributed by atoms with E-state index in [4.69, 9.17) is 0 Å². The Morgan fingerprint density at radius 2 is 2.12 bits per heavy atom. The molecular formula is C12H17N3O. The van der Waals surface area contributed by atoms with Gasteiger partial charge in [-0.1, -0.05) is 6.42 Å². The first-order chi connectivity index (χ1) is 7.83. The molecule has 1 aliphatic carbocycles. The van der Waals surface area contributed by atoms with E-state index in [2.05, 4.69) is 21.8 Å². The van der Waals surface area contributed by atoms with Gasteiger partial charge in [-0.2, -0.15) is 0 Å². The number of carbonyl (C=O) groups is 1. The van der Waals surface area contributed by atoms with Crippen molar-refractivity contribution in [2.24, 2.45) is 5.92 Å². The fourth-order valence-corrected chi connectivity index (χ4v) is 1.89. The first kappa shape index (κ1) is 11.0. The van der Waals surface area contributed by atoms with Crippen LogP contribution in [-0.4, -0.2) is 29.3 Å². The van der Waals surface area contributed by atoms with E-state index in [0.29, 0.717) is 5.56 Å². The zero-order valence-electron chi connectivity index (χ0n) is 9.59. The molecule has 1 saturated carbocycles. The molecule has 16 heavy (non-hydrogen) atoms. The number of hydrogen-bond acceptors (Lipinski definition) is 4. The summed E-state index contributed by atoms with van der Waals surface area (Å²) < 4.78 is 0. The van der Waals surface area contributed by atoms with Crippen LogP contribution in [0.5, 0.6) is 0 Å². The van der Waals surface area contributed by atoms with Crippen molar-refractivity contribution in [3.05, 3.63) is 18.0 Å². The van der Waals surface area contributed by atoms with E-state index in [1.165, 1.54) is 19.3 Å². The summed E-state index contributed by atoms with van der Waals surface area (Å²) in [6.45, 7) is 4.06. The molecule has 4 heteroatoms. The Morgan fingerprint density at radius 3 is 2.56 bits per heavy atom. The molecule has 86 valence electrons. The van der Waals surface area contributed by atoms with E-state index in [1.54, 1.807) is 12.4 Å². The normalized spacial score (nSPS) is 15.6. The molecular weight excluding hydrogens is 202 g/mol. The maximum atomic E-state index is 10.5. The van der Waals surface area contributed by atoms with Gasteiger partial charge < -0.3 is 4.90 Å². The maximum Gasteiger partial charge on any atom is 0.225 e. The molecule has 0 saturated heterocycles. The van der Waals surface area contributed by atoms with E-state index in [9.17, 15) is 4.79 Å². The molecule has 0 spiro atoms. The molecule has 0 radical (unpaired) electrons. The van der Waals surface area contributed by atoms with Crippen LogP contribution in [0.4, 0.5) is 5.95 Å². The predicted octanol–water partition coefficient (Wildman–Crippen LogP) is 1.92. The summed E-state index contributed by atoms with van der Waals surface area (Å²) in [6, 6.07) is 0. The quantitative estimate of drug-likeness (QED) is 0.710. The average Bonchev–Trinajstić information content (AvgIpc) is 2.28. The Balaban J connectivity index is 2.03. The highest BCUT2D eigenvalue weighted by atomic mass is 16.1. The monoisotopic (exact) mass is 219 g/mol. The predicted molar refractivity (Wildman–Crippen MR) is 62.6 cm³/mol. The molecule has 0 atom stereocenters. The van der Waals surface area contributed by atoms with Crippen LogP contribution in [0.2, 0.25) is 0 Å². The molecule has 1 fully saturated rings. The molecule has 0 N–H and O–H groups in total. The summed E-state index contributed by atoms with van der Waals surface area (Å²) in [6.07, 6.45) is 7.93. The minimum atomic E-state index is 0.531. The van der Waals surface area contributed by atoms with Crippen molar-refractivity contribution in [2.45, 2.75) is 26.2 Å². The molecule has 1 heterocycles. The van der Waals surface area contributed by atoms with Crippen molar-refractivity contribution in [2.75, 3.05) is 18.0 Å². The SMILES string of the molecule is CCN(CC1CCC1)c1ncc(C=O)cn1. The van der Waals surface area contributed by atoms with E-state index in [0.717, 1.165) is 31.2 Å². The number of aldehydes is 1. The van der Waals surface area contributed by atoms with Gasteiger partial charge in [-0.15, -0.1) is 0 Å². The van der Waals surface area contributed by atoms with Crippen molar-refractivity contribution in [1.29, 1.82) is 0 Å². The van der Waals surface area contributed by atoms with Crippen LogP contribution in [0.3, 0.4) is 0 Å². The van der Waals surface area contributed by atoms with Gasteiger partial charge >= 0.3 is 0 Å². The third-order valence-electron chi connectivity index (χ3n) is 3.16. The Kier molecular flexibility index (Phi) is 3.49. The molecule has 2 rings (SSSR count). The van der Waals surface area contributed by atoms with Crippen LogP contribution < -0.4 is 4.90 Å². The number of anilines is 1. The zero-order chi connectivity index (χ0) is 11.4. The highest BCUT2D eigenvalue weighted by Crippen LogP contribution is 2.27. The van der Waals surface area contributed by atoms with E-state index >= 15 is 0 Å². The Hall–Kier alpha value is -1.45. The minimum absolute atomic E-state index is 0.531. The van der Waals surface area contributed by atoms with Crippen molar-refractivity contribution in [3.8, 4) is 0 Å². The molecule has 1 aromatic rings. The second kappa shape index (κ2) is 5.05. The van der Waals surface area contributed by atoms with Gasteiger partial charge in [0.1, 0.15) is 0 Å². The average molecular weight is 219 g/mol. The molecule has 1 aromatic heterocycles. The lowest BCUT2D eigenvalue weighted by molar-refractivity contribution is 0.112. The Morgan fingerprint density at radius 1 is 1.44 bits per heavy atom. The van der Waals surface area contributed by atoms with Crippen LogP contribution in [0.25, 0.3) is 0 Å². The minimum Gasteiger partial charge on any atom is -0.341 e. The van der Waals surface area contributed by atoms with E-state index in [-0.39, 0.29) is 0 Å². The number of aromatic nitrogens is 2. The number of hydrogen-bond donors (Lipinski definition) is 0. The molecule has 1 aliphatic rings. The van der Waals surface area contributed by atoms with Gasteiger partial charge in [0.15, 0.2) is 6.29 Å². The molecule has 4 nitrogen and oxygen atoms in total. The maximum absolute atomic E-state index is 10.5. The zero-order valence-corrected chi connectivity index (χ0v) is 9.59. The van der Waals surface area contributed by atoms with Crippen molar-refractivity contribution >= 4 is 12.2 Å². The fourth-order valence-electron chi connectivity index (χ4n) is 1.89. The molecule has 0 amide bonds. The summed E-state index contributed by atoms with van der Waals surface area (Å²) in [5.74, 6) is 1.54. The smallest absolute Gasteiger partial charge is 0.225 e. The molecule has 0 aromatic carbocycles. The van der Waals surface area contributed by atoms with Gasteiger partial charge in [0, 0.05) is 25.5 Å². The lowest BCUT2D eigenvalue weighted by Gasteiger charge is -2.31. The Bertz CT molecular complexity index is 346. The summed E-state index contributed by atoms with van der Waals surface area (Å²) in [7, 11) is 0. The molecule has 0 bridgehead atoms. The highest BCUT2D eigenvalue weighted by Gasteiger charge is 2.21. The lowest BCUT2D eigenvalue weighted by Crippen LogP contribution is -2.33. The third kappa shape index (κ3) is 2.38. The van der Waals surface area contributed by atoms with Gasteiger partial charge in [0.25, 0.3) is 0 Å². The topological polar surface area (TPSA) is 46.1 Å². The highest BCUT2D eigenvalue weighted by molar-refractivity contribution is 5.73. The third-order valence-corrected chi connectivity index (χ3v) is 3.16. The van der Waals surface area contributed by atoms with Crippen molar-refractivity contribution < 1.29 is 4.79 Å². The van der Waals surface area contributed by atoms with Gasteiger partial charge in [-0.05, 0) is 25.7 Å². The van der Waals surface area contributed by atoms with Crippen molar-refractivity contribution in [3.63, 3.8) is 0 Å².